The molecule has 0 radical (unpaired) electrons. The topological polar surface area (TPSA) is 58.2 Å². The van der Waals surface area contributed by atoms with Crippen LogP contribution in [0.3, 0.4) is 0 Å². The van der Waals surface area contributed by atoms with Gasteiger partial charge in [0.05, 0.1) is 11.1 Å². The molecule has 2 amide bonds. The van der Waals surface area contributed by atoms with Gasteiger partial charge in [0.1, 0.15) is 5.82 Å². The predicted octanol–water partition coefficient (Wildman–Crippen LogP) is 4.86. The summed E-state index contributed by atoms with van der Waals surface area (Å²) in [5, 5.41) is 5.77. The molecule has 2 rings (SSSR count). The maximum Gasteiger partial charge on any atom is 0.256 e. The van der Waals surface area contributed by atoms with E-state index in [4.69, 9.17) is 0 Å². The monoisotopic (exact) mass is 500 g/mol. The third-order valence-electron chi connectivity index (χ3n) is 3.88. The smallest absolute Gasteiger partial charge is 0.256 e. The Kier molecular flexibility index (Phi) is 7.27. The summed E-state index contributed by atoms with van der Waals surface area (Å²) in [5.41, 5.74) is 1.33. The Morgan fingerprint density at radius 2 is 1.89 bits per heavy atom. The fraction of sp³-hybridized carbons (Fsp3) is 0.300. The maximum absolute atomic E-state index is 13.3. The highest BCUT2D eigenvalue weighted by molar-refractivity contribution is 14.1. The summed E-state index contributed by atoms with van der Waals surface area (Å²) >= 11 is 3.69. The molecular weight excluding hydrogens is 478 g/mol. The van der Waals surface area contributed by atoms with Gasteiger partial charge in [0.25, 0.3) is 11.8 Å². The second-order valence-electron chi connectivity index (χ2n) is 6.85. The van der Waals surface area contributed by atoms with E-state index < -0.39 is 11.4 Å². The minimum absolute atomic E-state index is 0.281. The van der Waals surface area contributed by atoms with Gasteiger partial charge >= 0.3 is 0 Å². The van der Waals surface area contributed by atoms with Gasteiger partial charge in [0.15, 0.2) is 0 Å². The van der Waals surface area contributed by atoms with Crippen molar-refractivity contribution in [3.05, 3.63) is 62.5 Å². The van der Waals surface area contributed by atoms with Gasteiger partial charge in [-0.3, -0.25) is 9.59 Å². The highest BCUT2D eigenvalue weighted by atomic mass is 127. The van der Waals surface area contributed by atoms with E-state index >= 15 is 0 Å². The fourth-order valence-electron chi connectivity index (χ4n) is 2.67. The molecular formula is C20H22FIN2O2S. The van der Waals surface area contributed by atoms with Crippen molar-refractivity contribution in [3.63, 3.8) is 0 Å². The highest BCUT2D eigenvalue weighted by Gasteiger charge is 2.25. The Balaban J connectivity index is 2.33. The van der Waals surface area contributed by atoms with Gasteiger partial charge in [-0.05, 0) is 85.5 Å². The number of thioether (sulfide) groups is 1. The van der Waals surface area contributed by atoms with Crippen LogP contribution in [0.15, 0.2) is 36.4 Å². The van der Waals surface area contributed by atoms with Gasteiger partial charge in [0, 0.05) is 20.5 Å². The van der Waals surface area contributed by atoms with E-state index in [0.717, 1.165) is 5.75 Å². The first-order valence-electron chi connectivity index (χ1n) is 8.32. The zero-order valence-electron chi connectivity index (χ0n) is 15.7. The summed E-state index contributed by atoms with van der Waals surface area (Å²) in [7, 11) is 0. The lowest BCUT2D eigenvalue weighted by molar-refractivity contribution is 0.0909. The van der Waals surface area contributed by atoms with Crippen LogP contribution in [0.5, 0.6) is 0 Å². The van der Waals surface area contributed by atoms with Crippen LogP contribution in [0, 0.1) is 16.3 Å². The van der Waals surface area contributed by atoms with E-state index in [2.05, 4.69) is 33.2 Å². The summed E-state index contributed by atoms with van der Waals surface area (Å²) in [6.45, 7) is 5.60. The van der Waals surface area contributed by atoms with Gasteiger partial charge in [-0.1, -0.05) is 6.07 Å². The van der Waals surface area contributed by atoms with Crippen molar-refractivity contribution in [2.24, 2.45) is 0 Å². The molecule has 27 heavy (non-hydrogen) atoms. The number of nitrogens with one attached hydrogen (secondary N) is 2. The summed E-state index contributed by atoms with van der Waals surface area (Å²) in [4.78, 5) is 25.7. The molecule has 0 aliphatic carbocycles. The molecule has 0 aliphatic rings. The minimum atomic E-state index is -0.406. The van der Waals surface area contributed by atoms with Gasteiger partial charge in [-0.15, -0.1) is 0 Å². The molecule has 0 bridgehead atoms. The molecule has 0 aromatic heterocycles. The van der Waals surface area contributed by atoms with E-state index in [9.17, 15) is 14.0 Å². The van der Waals surface area contributed by atoms with Crippen LogP contribution in [0.2, 0.25) is 0 Å². The van der Waals surface area contributed by atoms with Crippen molar-refractivity contribution in [1.29, 1.82) is 0 Å². The van der Waals surface area contributed by atoms with E-state index in [-0.39, 0.29) is 17.3 Å². The number of hydrogen-bond acceptors (Lipinski definition) is 3. The quantitative estimate of drug-likeness (QED) is 0.557. The van der Waals surface area contributed by atoms with Crippen molar-refractivity contribution >= 4 is 51.9 Å². The second kappa shape index (κ2) is 9.05. The summed E-state index contributed by atoms with van der Waals surface area (Å²) in [6, 6.07) is 9.29. The molecule has 0 saturated heterocycles. The number of carbonyl (C=O) groups is 2. The minimum Gasteiger partial charge on any atom is -0.346 e. The molecule has 0 spiro atoms. The standard InChI is InChI=1S/C20H22FIN2O2S/c1-12-10-13(21)8-9-16(12)23-18(25)14-6-5-7-15(22)17(14)19(26)24-20(2,3)11-27-4/h5-10H,11H2,1-4H3,(H,23,25)(H,24,26). The van der Waals surface area contributed by atoms with Crippen molar-refractivity contribution < 1.29 is 14.0 Å². The second-order valence-corrected chi connectivity index (χ2v) is 8.88. The van der Waals surface area contributed by atoms with E-state index in [0.29, 0.717) is 20.4 Å². The molecule has 0 saturated carbocycles. The van der Waals surface area contributed by atoms with Crippen LogP contribution in [-0.4, -0.2) is 29.4 Å². The number of carbonyl (C=O) groups excluding carboxylic acids is 2. The summed E-state index contributed by atoms with van der Waals surface area (Å²) < 4.78 is 14.0. The first-order valence-corrected chi connectivity index (χ1v) is 10.8. The third-order valence-corrected chi connectivity index (χ3v) is 5.79. The van der Waals surface area contributed by atoms with Crippen molar-refractivity contribution in [2.75, 3.05) is 17.3 Å². The molecule has 144 valence electrons. The molecule has 0 unspecified atom stereocenters. The molecule has 2 N–H and O–H groups in total. The molecule has 0 atom stereocenters. The number of halogens is 2. The molecule has 2 aromatic rings. The Hall–Kier alpha value is -1.61. The average molecular weight is 500 g/mol. The molecule has 0 aliphatic heterocycles. The number of hydrogen-bond donors (Lipinski definition) is 2. The first kappa shape index (κ1) is 21.7. The zero-order valence-corrected chi connectivity index (χ0v) is 18.6. The predicted molar refractivity (Wildman–Crippen MR) is 118 cm³/mol. The number of benzene rings is 2. The Morgan fingerprint density at radius 1 is 1.19 bits per heavy atom. The zero-order chi connectivity index (χ0) is 20.2. The molecule has 0 fully saturated rings. The van der Waals surface area contributed by atoms with E-state index in [1.807, 2.05) is 20.1 Å². The van der Waals surface area contributed by atoms with Crippen molar-refractivity contribution in [3.8, 4) is 0 Å². The first-order chi connectivity index (χ1) is 12.6. The van der Waals surface area contributed by atoms with Gasteiger partial charge in [-0.2, -0.15) is 11.8 Å². The highest BCUT2D eigenvalue weighted by Crippen LogP contribution is 2.22. The Bertz CT molecular complexity index is 871. The average Bonchev–Trinajstić information content (AvgIpc) is 2.56. The lowest BCUT2D eigenvalue weighted by Crippen LogP contribution is -2.46. The molecule has 2 aromatic carbocycles. The van der Waals surface area contributed by atoms with Crippen LogP contribution in [-0.2, 0) is 0 Å². The lowest BCUT2D eigenvalue weighted by Gasteiger charge is -2.26. The Labute approximate surface area is 176 Å². The lowest BCUT2D eigenvalue weighted by atomic mass is 10.0. The third kappa shape index (κ3) is 5.68. The fourth-order valence-corrected chi connectivity index (χ4v) is 4.20. The van der Waals surface area contributed by atoms with Crippen LogP contribution in [0.4, 0.5) is 10.1 Å². The number of amides is 2. The normalized spacial score (nSPS) is 11.2. The SMILES string of the molecule is CSCC(C)(C)NC(=O)c1c(I)cccc1C(=O)Nc1ccc(F)cc1C. The summed E-state index contributed by atoms with van der Waals surface area (Å²) in [6.07, 6.45) is 1.98. The van der Waals surface area contributed by atoms with Crippen molar-refractivity contribution in [1.82, 2.24) is 5.32 Å². The number of aryl methyl sites for hydroxylation is 1. The van der Waals surface area contributed by atoms with Crippen LogP contribution in [0.1, 0.15) is 40.1 Å². The Morgan fingerprint density at radius 3 is 2.52 bits per heavy atom. The van der Waals surface area contributed by atoms with Gasteiger partial charge < -0.3 is 10.6 Å². The van der Waals surface area contributed by atoms with Crippen molar-refractivity contribution in [2.45, 2.75) is 26.3 Å². The van der Waals surface area contributed by atoms with Gasteiger partial charge in [0.2, 0.25) is 0 Å². The molecule has 0 heterocycles. The maximum atomic E-state index is 13.3. The number of rotatable bonds is 6. The van der Waals surface area contributed by atoms with E-state index in [1.165, 1.54) is 18.2 Å². The largest absolute Gasteiger partial charge is 0.346 e. The molecule has 7 heteroatoms. The van der Waals surface area contributed by atoms with Crippen LogP contribution in [0.25, 0.3) is 0 Å². The molecule has 4 nitrogen and oxygen atoms in total. The van der Waals surface area contributed by atoms with E-state index in [1.54, 1.807) is 36.9 Å². The summed E-state index contributed by atoms with van der Waals surface area (Å²) in [5.74, 6) is -0.315. The number of anilines is 1. The van der Waals surface area contributed by atoms with Gasteiger partial charge in [-0.25, -0.2) is 4.39 Å². The van der Waals surface area contributed by atoms with Crippen LogP contribution >= 0.6 is 34.4 Å². The van der Waals surface area contributed by atoms with Crippen LogP contribution < -0.4 is 10.6 Å².